The number of nitrogens with one attached hydrogen (secondary N) is 1. The minimum Gasteiger partial charge on any atom is -0.497 e. The molecule has 0 saturated heterocycles. The van der Waals surface area contributed by atoms with E-state index in [0.717, 1.165) is 6.07 Å². The molecule has 0 unspecified atom stereocenters. The van der Waals surface area contributed by atoms with E-state index in [0.29, 0.717) is 17.1 Å². The lowest BCUT2D eigenvalue weighted by atomic mass is 10.2. The fraction of sp³-hybridized carbons (Fsp3) is 0.158. The first-order valence-corrected chi connectivity index (χ1v) is 7.64. The van der Waals surface area contributed by atoms with Crippen LogP contribution in [0.5, 0.6) is 11.5 Å². The summed E-state index contributed by atoms with van der Waals surface area (Å²) < 4.78 is 28.2. The Morgan fingerprint density at radius 3 is 2.62 bits per heavy atom. The highest BCUT2D eigenvalue weighted by Gasteiger charge is 2.07. The number of benzene rings is 2. The Morgan fingerprint density at radius 2 is 1.92 bits per heavy atom. The predicted octanol–water partition coefficient (Wildman–Crippen LogP) is 3.04. The van der Waals surface area contributed by atoms with Crippen molar-refractivity contribution in [2.75, 3.05) is 26.1 Å². The van der Waals surface area contributed by atoms with Gasteiger partial charge in [0.2, 0.25) is 0 Å². The third-order valence-electron chi connectivity index (χ3n) is 3.29. The number of ether oxygens (including phenoxy) is 3. The van der Waals surface area contributed by atoms with Crippen LogP contribution in [0.3, 0.4) is 0 Å². The topological polar surface area (TPSA) is 73.9 Å². The van der Waals surface area contributed by atoms with Crippen molar-refractivity contribution in [1.82, 2.24) is 0 Å². The Labute approximate surface area is 150 Å². The predicted molar refractivity (Wildman–Crippen MR) is 94.6 cm³/mol. The summed E-state index contributed by atoms with van der Waals surface area (Å²) in [5.41, 5.74) is 0.930. The molecule has 1 N–H and O–H groups in total. The molecule has 0 aromatic heterocycles. The molecule has 0 radical (unpaired) electrons. The standard InChI is InChI=1S/C19H18FNO5/c1-24-16-8-6-13(17(11-16)25-2)7-9-19(23)26-12-18(22)21-15-5-3-4-14(20)10-15/h3-11H,12H2,1-2H3,(H,21,22)/b9-7+. The Balaban J connectivity index is 1.88. The molecule has 0 fully saturated rings. The number of halogens is 1. The van der Waals surface area contributed by atoms with Gasteiger partial charge in [-0.2, -0.15) is 0 Å². The zero-order chi connectivity index (χ0) is 18.9. The maximum atomic E-state index is 13.0. The zero-order valence-electron chi connectivity index (χ0n) is 14.3. The monoisotopic (exact) mass is 359 g/mol. The van der Waals surface area contributed by atoms with Crippen LogP contribution in [0, 0.1) is 5.82 Å². The van der Waals surface area contributed by atoms with E-state index in [1.807, 2.05) is 0 Å². The first kappa shape index (κ1) is 19.0. The van der Waals surface area contributed by atoms with Crippen molar-refractivity contribution in [1.29, 1.82) is 0 Å². The lowest BCUT2D eigenvalue weighted by Crippen LogP contribution is -2.20. The van der Waals surface area contributed by atoms with Gasteiger partial charge in [0.1, 0.15) is 17.3 Å². The van der Waals surface area contributed by atoms with Gasteiger partial charge in [0.15, 0.2) is 6.61 Å². The van der Waals surface area contributed by atoms with E-state index in [2.05, 4.69) is 5.32 Å². The van der Waals surface area contributed by atoms with Crippen LogP contribution in [0.2, 0.25) is 0 Å². The van der Waals surface area contributed by atoms with E-state index in [9.17, 15) is 14.0 Å². The van der Waals surface area contributed by atoms with Gasteiger partial charge < -0.3 is 19.5 Å². The third-order valence-corrected chi connectivity index (χ3v) is 3.29. The van der Waals surface area contributed by atoms with Crippen molar-refractivity contribution < 1.29 is 28.2 Å². The molecule has 26 heavy (non-hydrogen) atoms. The molecular weight excluding hydrogens is 341 g/mol. The fourth-order valence-corrected chi connectivity index (χ4v) is 2.06. The minimum atomic E-state index is -0.697. The third kappa shape index (κ3) is 5.62. The number of anilines is 1. The number of esters is 1. The second kappa shape index (κ2) is 9.22. The molecule has 2 aromatic carbocycles. The van der Waals surface area contributed by atoms with Gasteiger partial charge in [0.05, 0.1) is 14.2 Å². The Kier molecular flexibility index (Phi) is 6.73. The van der Waals surface area contributed by atoms with Crippen LogP contribution in [0.25, 0.3) is 6.08 Å². The molecule has 0 aliphatic rings. The number of methoxy groups -OCH3 is 2. The zero-order valence-corrected chi connectivity index (χ0v) is 14.3. The molecule has 0 aliphatic carbocycles. The molecule has 0 aliphatic heterocycles. The van der Waals surface area contributed by atoms with Crippen LogP contribution in [0.15, 0.2) is 48.5 Å². The molecule has 136 valence electrons. The Morgan fingerprint density at radius 1 is 1.12 bits per heavy atom. The summed E-state index contributed by atoms with van der Waals surface area (Å²) in [5.74, 6) is -0.597. The van der Waals surface area contributed by atoms with E-state index < -0.39 is 24.3 Å². The largest absolute Gasteiger partial charge is 0.497 e. The van der Waals surface area contributed by atoms with Crippen LogP contribution in [0.1, 0.15) is 5.56 Å². The Bertz CT molecular complexity index is 819. The highest BCUT2D eigenvalue weighted by Crippen LogP contribution is 2.25. The van der Waals surface area contributed by atoms with E-state index in [1.165, 1.54) is 44.6 Å². The number of carbonyl (C=O) groups is 2. The summed E-state index contributed by atoms with van der Waals surface area (Å²) in [6, 6.07) is 10.5. The van der Waals surface area contributed by atoms with Crippen molar-refractivity contribution in [3.8, 4) is 11.5 Å². The molecular formula is C19H18FNO5. The molecule has 2 aromatic rings. The van der Waals surface area contributed by atoms with E-state index in [-0.39, 0.29) is 5.69 Å². The van der Waals surface area contributed by atoms with Gasteiger partial charge >= 0.3 is 5.97 Å². The molecule has 1 amide bonds. The molecule has 2 rings (SSSR count). The maximum Gasteiger partial charge on any atom is 0.331 e. The Hall–Kier alpha value is -3.35. The number of hydrogen-bond acceptors (Lipinski definition) is 5. The van der Waals surface area contributed by atoms with Gasteiger partial charge in [-0.25, -0.2) is 9.18 Å². The smallest absolute Gasteiger partial charge is 0.331 e. The molecule has 0 spiro atoms. The summed E-state index contributed by atoms with van der Waals surface area (Å²) in [4.78, 5) is 23.4. The molecule has 7 heteroatoms. The van der Waals surface area contributed by atoms with E-state index >= 15 is 0 Å². The first-order chi connectivity index (χ1) is 12.5. The second-order valence-electron chi connectivity index (χ2n) is 5.11. The van der Waals surface area contributed by atoms with Gasteiger partial charge in [0.25, 0.3) is 5.91 Å². The minimum absolute atomic E-state index is 0.282. The van der Waals surface area contributed by atoms with Gasteiger partial charge in [-0.1, -0.05) is 6.07 Å². The number of carbonyl (C=O) groups excluding carboxylic acids is 2. The normalized spacial score (nSPS) is 10.4. The lowest BCUT2D eigenvalue weighted by Gasteiger charge is -2.07. The van der Waals surface area contributed by atoms with Crippen molar-refractivity contribution in [2.45, 2.75) is 0 Å². The van der Waals surface area contributed by atoms with Crippen molar-refractivity contribution in [2.24, 2.45) is 0 Å². The average molecular weight is 359 g/mol. The van der Waals surface area contributed by atoms with Crippen LogP contribution in [-0.4, -0.2) is 32.7 Å². The van der Waals surface area contributed by atoms with Crippen LogP contribution >= 0.6 is 0 Å². The molecule has 0 heterocycles. The van der Waals surface area contributed by atoms with Crippen LogP contribution < -0.4 is 14.8 Å². The van der Waals surface area contributed by atoms with Gasteiger partial charge in [-0.05, 0) is 36.4 Å². The number of hydrogen-bond donors (Lipinski definition) is 1. The SMILES string of the molecule is COc1ccc(/C=C/C(=O)OCC(=O)Nc2cccc(F)c2)c(OC)c1. The van der Waals surface area contributed by atoms with Crippen LogP contribution in [0.4, 0.5) is 10.1 Å². The fourth-order valence-electron chi connectivity index (χ4n) is 2.06. The van der Waals surface area contributed by atoms with Crippen molar-refractivity contribution in [3.05, 3.63) is 59.9 Å². The number of rotatable bonds is 7. The van der Waals surface area contributed by atoms with Crippen LogP contribution in [-0.2, 0) is 14.3 Å². The average Bonchev–Trinajstić information content (AvgIpc) is 2.64. The summed E-state index contributed by atoms with van der Waals surface area (Å²) in [6.07, 6.45) is 2.69. The molecule has 0 saturated carbocycles. The quantitative estimate of drug-likeness (QED) is 0.608. The van der Waals surface area contributed by atoms with Crippen molar-refractivity contribution in [3.63, 3.8) is 0 Å². The summed E-state index contributed by atoms with van der Waals surface area (Å²) in [7, 11) is 3.04. The van der Waals surface area contributed by atoms with Gasteiger partial charge in [-0.15, -0.1) is 0 Å². The second-order valence-corrected chi connectivity index (χ2v) is 5.11. The van der Waals surface area contributed by atoms with Gasteiger partial charge in [0, 0.05) is 23.4 Å². The summed E-state index contributed by atoms with van der Waals surface area (Å²) >= 11 is 0. The lowest BCUT2D eigenvalue weighted by molar-refractivity contribution is -0.142. The highest BCUT2D eigenvalue weighted by atomic mass is 19.1. The number of amides is 1. The van der Waals surface area contributed by atoms with Gasteiger partial charge in [-0.3, -0.25) is 4.79 Å². The van der Waals surface area contributed by atoms with E-state index in [1.54, 1.807) is 18.2 Å². The summed E-state index contributed by atoms with van der Waals surface area (Å²) in [6.45, 7) is -0.487. The summed E-state index contributed by atoms with van der Waals surface area (Å²) in [5, 5.41) is 2.43. The molecule has 0 atom stereocenters. The van der Waals surface area contributed by atoms with Crippen molar-refractivity contribution >= 4 is 23.6 Å². The van der Waals surface area contributed by atoms with E-state index in [4.69, 9.17) is 14.2 Å². The molecule has 6 nitrogen and oxygen atoms in total. The highest BCUT2D eigenvalue weighted by molar-refractivity contribution is 5.94. The molecule has 0 bridgehead atoms. The first-order valence-electron chi connectivity index (χ1n) is 7.64. The maximum absolute atomic E-state index is 13.0.